The molecule has 0 heterocycles. The molecule has 3 N–H and O–H groups in total. The van der Waals surface area contributed by atoms with Gasteiger partial charge in [0.2, 0.25) is 0 Å². The van der Waals surface area contributed by atoms with Crippen LogP contribution in [0.25, 0.3) is 0 Å². The minimum atomic E-state index is -1.33. The van der Waals surface area contributed by atoms with E-state index in [4.69, 9.17) is 27.1 Å². The van der Waals surface area contributed by atoms with E-state index in [0.717, 1.165) is 0 Å². The summed E-state index contributed by atoms with van der Waals surface area (Å²) in [6.07, 6.45) is -0.604. The number of carbonyl (C=O) groups is 2. The van der Waals surface area contributed by atoms with Gasteiger partial charge >= 0.3 is 11.9 Å². The van der Waals surface area contributed by atoms with Gasteiger partial charge in [-0.2, -0.15) is 5.26 Å². The zero-order valence-corrected chi connectivity index (χ0v) is 9.81. The van der Waals surface area contributed by atoms with Gasteiger partial charge in [0.15, 0.2) is 0 Å². The van der Waals surface area contributed by atoms with E-state index in [0.29, 0.717) is 0 Å². The van der Waals surface area contributed by atoms with Gasteiger partial charge in [0, 0.05) is 0 Å². The molecule has 0 bridgehead atoms. The number of carboxylic acids is 2. The van der Waals surface area contributed by atoms with Crippen molar-refractivity contribution in [3.05, 3.63) is 28.8 Å². The van der Waals surface area contributed by atoms with Crippen molar-refractivity contribution in [1.82, 2.24) is 0 Å². The summed E-state index contributed by atoms with van der Waals surface area (Å²) in [5.74, 6) is -2.57. The largest absolute Gasteiger partial charge is 0.481 e. The summed E-state index contributed by atoms with van der Waals surface area (Å²) in [5.41, 5.74) is 0.273. The highest BCUT2D eigenvalue weighted by Crippen LogP contribution is 2.24. The highest BCUT2D eigenvalue weighted by Gasteiger charge is 2.22. The Morgan fingerprint density at radius 1 is 1.44 bits per heavy atom. The molecule has 0 aliphatic carbocycles. The Morgan fingerprint density at radius 3 is 2.61 bits per heavy atom. The van der Waals surface area contributed by atoms with Crippen molar-refractivity contribution in [2.75, 3.05) is 5.32 Å². The number of hydrogen-bond donors (Lipinski definition) is 3. The summed E-state index contributed by atoms with van der Waals surface area (Å²) in [5, 5.41) is 29.0. The van der Waals surface area contributed by atoms with Crippen LogP contribution in [0.4, 0.5) is 5.69 Å². The number of carboxylic acid groups (broad SMARTS) is 2. The molecule has 0 saturated carbocycles. The van der Waals surface area contributed by atoms with E-state index >= 15 is 0 Å². The maximum atomic E-state index is 10.9. The van der Waals surface area contributed by atoms with Gasteiger partial charge in [-0.15, -0.1) is 0 Å². The fourth-order valence-electron chi connectivity index (χ4n) is 1.32. The molecule has 6 nitrogen and oxygen atoms in total. The molecule has 18 heavy (non-hydrogen) atoms. The summed E-state index contributed by atoms with van der Waals surface area (Å²) in [6.45, 7) is 0. The molecule has 1 aromatic rings. The number of nitriles is 1. The molecule has 0 radical (unpaired) electrons. The van der Waals surface area contributed by atoms with Gasteiger partial charge in [0.25, 0.3) is 0 Å². The van der Waals surface area contributed by atoms with E-state index in [1.165, 1.54) is 18.2 Å². The lowest BCUT2D eigenvalue weighted by molar-refractivity contribution is -0.144. The fourth-order valence-corrected chi connectivity index (χ4v) is 1.54. The zero-order chi connectivity index (χ0) is 13.7. The molecule has 1 rings (SSSR count). The lowest BCUT2D eigenvalue weighted by Crippen LogP contribution is -2.32. The Hall–Kier alpha value is -2.26. The van der Waals surface area contributed by atoms with Crippen molar-refractivity contribution in [2.24, 2.45) is 0 Å². The van der Waals surface area contributed by atoms with Crippen LogP contribution in [0.1, 0.15) is 12.0 Å². The molecule has 0 amide bonds. The summed E-state index contributed by atoms with van der Waals surface area (Å²) in [7, 11) is 0. The lowest BCUT2D eigenvalue weighted by Gasteiger charge is -2.15. The smallest absolute Gasteiger partial charge is 0.326 e. The van der Waals surface area contributed by atoms with E-state index < -0.39 is 24.4 Å². The molecular formula is C11H9ClN2O4. The first-order valence-electron chi connectivity index (χ1n) is 4.85. The minimum Gasteiger partial charge on any atom is -0.481 e. The molecule has 0 aliphatic heterocycles. The highest BCUT2D eigenvalue weighted by atomic mass is 35.5. The third-order valence-electron chi connectivity index (χ3n) is 2.13. The van der Waals surface area contributed by atoms with Crippen LogP contribution in [0.5, 0.6) is 0 Å². The van der Waals surface area contributed by atoms with Crippen molar-refractivity contribution in [3.8, 4) is 6.07 Å². The van der Waals surface area contributed by atoms with Gasteiger partial charge in [-0.05, 0) is 12.1 Å². The number of nitrogens with one attached hydrogen (secondary N) is 1. The number of nitrogens with zero attached hydrogens (tertiary/aromatic N) is 1. The quantitative estimate of drug-likeness (QED) is 0.747. The number of hydrogen-bond acceptors (Lipinski definition) is 4. The fraction of sp³-hybridized carbons (Fsp3) is 0.182. The molecule has 1 atom stereocenters. The Bertz CT molecular complexity index is 524. The predicted molar refractivity (Wildman–Crippen MR) is 63.5 cm³/mol. The van der Waals surface area contributed by atoms with E-state index in [9.17, 15) is 9.59 Å². The third-order valence-corrected chi connectivity index (χ3v) is 2.45. The number of rotatable bonds is 5. The summed E-state index contributed by atoms with van der Waals surface area (Å²) >= 11 is 5.77. The van der Waals surface area contributed by atoms with Crippen molar-refractivity contribution >= 4 is 29.2 Å². The van der Waals surface area contributed by atoms with Gasteiger partial charge < -0.3 is 15.5 Å². The lowest BCUT2D eigenvalue weighted by atomic mass is 10.1. The number of benzene rings is 1. The topological polar surface area (TPSA) is 110 Å². The molecule has 1 aromatic carbocycles. The molecule has 0 fully saturated rings. The summed E-state index contributed by atoms with van der Waals surface area (Å²) in [6, 6.07) is 4.98. The number of aliphatic carboxylic acids is 2. The molecule has 0 saturated heterocycles. The van der Waals surface area contributed by atoms with E-state index in [-0.39, 0.29) is 16.3 Å². The molecule has 94 valence electrons. The van der Waals surface area contributed by atoms with Crippen molar-refractivity contribution < 1.29 is 19.8 Å². The predicted octanol–water partition coefficient (Wildman–Crippen LogP) is 1.55. The van der Waals surface area contributed by atoms with E-state index in [1.54, 1.807) is 0 Å². The first-order valence-corrected chi connectivity index (χ1v) is 5.23. The van der Waals surface area contributed by atoms with Crippen molar-refractivity contribution in [2.45, 2.75) is 12.5 Å². The molecular weight excluding hydrogens is 260 g/mol. The maximum Gasteiger partial charge on any atom is 0.326 e. The average molecular weight is 269 g/mol. The Labute approximate surface area is 107 Å². The normalized spacial score (nSPS) is 11.3. The van der Waals surface area contributed by atoms with Gasteiger partial charge in [0.05, 0.1) is 22.7 Å². The second-order valence-corrected chi connectivity index (χ2v) is 3.81. The monoisotopic (exact) mass is 268 g/mol. The van der Waals surface area contributed by atoms with Crippen LogP contribution < -0.4 is 5.32 Å². The first kappa shape index (κ1) is 13.8. The van der Waals surface area contributed by atoms with Crippen LogP contribution in [0.3, 0.4) is 0 Å². The summed E-state index contributed by atoms with van der Waals surface area (Å²) in [4.78, 5) is 21.4. The number of anilines is 1. The van der Waals surface area contributed by atoms with Gasteiger partial charge in [-0.25, -0.2) is 4.79 Å². The zero-order valence-electron chi connectivity index (χ0n) is 9.05. The van der Waals surface area contributed by atoms with Crippen LogP contribution in [0.2, 0.25) is 5.02 Å². The van der Waals surface area contributed by atoms with Crippen LogP contribution in [-0.2, 0) is 9.59 Å². The van der Waals surface area contributed by atoms with Gasteiger partial charge in [-0.1, -0.05) is 17.7 Å². The number of halogens is 1. The second-order valence-electron chi connectivity index (χ2n) is 3.41. The Morgan fingerprint density at radius 2 is 2.11 bits per heavy atom. The van der Waals surface area contributed by atoms with Crippen LogP contribution >= 0.6 is 11.6 Å². The SMILES string of the molecule is N#Cc1c(Cl)cccc1NC(CC(=O)O)C(=O)O. The van der Waals surface area contributed by atoms with E-state index in [1.807, 2.05) is 6.07 Å². The second kappa shape index (κ2) is 5.89. The van der Waals surface area contributed by atoms with Gasteiger partial charge in [0.1, 0.15) is 12.1 Å². The maximum absolute atomic E-state index is 10.9. The van der Waals surface area contributed by atoms with E-state index in [2.05, 4.69) is 5.32 Å². The molecule has 7 heteroatoms. The standard InChI is InChI=1S/C11H9ClN2O4/c12-7-2-1-3-8(6(7)5-13)14-9(11(17)18)4-10(15)16/h1-3,9,14H,4H2,(H,15,16)(H,17,18). The van der Waals surface area contributed by atoms with Gasteiger partial charge in [-0.3, -0.25) is 4.79 Å². The minimum absolute atomic E-state index is 0.0794. The molecule has 0 aliphatic rings. The van der Waals surface area contributed by atoms with Crippen molar-refractivity contribution in [1.29, 1.82) is 5.26 Å². The van der Waals surface area contributed by atoms with Crippen LogP contribution in [-0.4, -0.2) is 28.2 Å². The highest BCUT2D eigenvalue weighted by molar-refractivity contribution is 6.32. The van der Waals surface area contributed by atoms with Crippen LogP contribution in [0.15, 0.2) is 18.2 Å². The van der Waals surface area contributed by atoms with Crippen LogP contribution in [0, 0.1) is 11.3 Å². The summed E-state index contributed by atoms with van der Waals surface area (Å²) < 4.78 is 0. The Kier molecular flexibility index (Phi) is 4.52. The van der Waals surface area contributed by atoms with Crippen molar-refractivity contribution in [3.63, 3.8) is 0 Å². The Balaban J connectivity index is 3.01. The average Bonchev–Trinajstić information content (AvgIpc) is 2.27. The molecule has 0 aromatic heterocycles. The third kappa shape index (κ3) is 3.37. The molecule has 1 unspecified atom stereocenters. The molecule has 0 spiro atoms. The first-order chi connectivity index (χ1) is 8.45.